The molecule has 1 N–H and O–H groups in total. The molecule has 0 spiro atoms. The first-order chi connectivity index (χ1) is 7.75. The summed E-state index contributed by atoms with van der Waals surface area (Å²) in [7, 11) is -3.77. The lowest BCUT2D eigenvalue weighted by molar-refractivity contribution is -0.137. The summed E-state index contributed by atoms with van der Waals surface area (Å²) in [6, 6.07) is -0.418. The number of aliphatic carboxylic acids is 1. The molecule has 0 aliphatic heterocycles. The summed E-state index contributed by atoms with van der Waals surface area (Å²) in [4.78, 5) is 14.5. The van der Waals surface area contributed by atoms with Crippen molar-refractivity contribution in [1.29, 1.82) is 0 Å². The topological polar surface area (TPSA) is 87.6 Å². The molecule has 1 aromatic rings. The van der Waals surface area contributed by atoms with Gasteiger partial charge in [-0.3, -0.25) is 4.79 Å². The molecule has 0 aliphatic carbocycles. The average molecular weight is 278 g/mol. The Morgan fingerprint density at radius 2 is 2.18 bits per heavy atom. The van der Waals surface area contributed by atoms with Crippen molar-refractivity contribution in [2.24, 2.45) is 0 Å². The van der Waals surface area contributed by atoms with E-state index in [2.05, 4.69) is 4.98 Å². The van der Waals surface area contributed by atoms with Crippen LogP contribution in [0.4, 0.5) is 0 Å². The fraction of sp³-hybridized carbons (Fsp3) is 0.556. The van der Waals surface area contributed by atoms with Crippen molar-refractivity contribution < 1.29 is 18.3 Å². The standard InChI is InChI=1S/C9H14N2O4S2/c1-6(2)11(5-8(12)13)17(14,15)9-4-10-7(3)16-9/h4,6H,5H2,1-3H3,(H,12,13). The second kappa shape index (κ2) is 5.11. The van der Waals surface area contributed by atoms with E-state index in [-0.39, 0.29) is 4.21 Å². The van der Waals surface area contributed by atoms with E-state index < -0.39 is 28.6 Å². The lowest BCUT2D eigenvalue weighted by Crippen LogP contribution is -2.40. The van der Waals surface area contributed by atoms with E-state index in [9.17, 15) is 13.2 Å². The van der Waals surface area contributed by atoms with Crippen LogP contribution in [0.1, 0.15) is 18.9 Å². The SMILES string of the molecule is Cc1ncc(S(=O)(=O)N(CC(=O)O)C(C)C)s1. The van der Waals surface area contributed by atoms with Crippen molar-refractivity contribution in [2.75, 3.05) is 6.54 Å². The zero-order chi connectivity index (χ0) is 13.2. The number of hydrogen-bond acceptors (Lipinski definition) is 5. The molecule has 96 valence electrons. The molecule has 0 atom stereocenters. The number of hydrogen-bond donors (Lipinski definition) is 1. The van der Waals surface area contributed by atoms with Crippen molar-refractivity contribution in [1.82, 2.24) is 9.29 Å². The minimum absolute atomic E-state index is 0.0740. The Hall–Kier alpha value is -0.990. The van der Waals surface area contributed by atoms with E-state index in [1.807, 2.05) is 0 Å². The molecule has 17 heavy (non-hydrogen) atoms. The monoisotopic (exact) mass is 278 g/mol. The molecule has 1 rings (SSSR count). The second-order valence-corrected chi connectivity index (χ2v) is 7.09. The third-order valence-corrected chi connectivity index (χ3v) is 5.40. The zero-order valence-electron chi connectivity index (χ0n) is 9.74. The maximum absolute atomic E-state index is 12.2. The number of carboxylic acids is 1. The van der Waals surface area contributed by atoms with Gasteiger partial charge in [-0.1, -0.05) is 0 Å². The van der Waals surface area contributed by atoms with Crippen LogP contribution in [-0.2, 0) is 14.8 Å². The largest absolute Gasteiger partial charge is 0.480 e. The molecule has 0 saturated heterocycles. The Morgan fingerprint density at radius 3 is 2.53 bits per heavy atom. The number of carboxylic acid groups (broad SMARTS) is 1. The first-order valence-electron chi connectivity index (χ1n) is 4.91. The fourth-order valence-electron chi connectivity index (χ4n) is 1.26. The number of thiazole rings is 1. The fourth-order valence-corrected chi connectivity index (χ4v) is 4.08. The Bertz CT molecular complexity index is 507. The van der Waals surface area contributed by atoms with Gasteiger partial charge >= 0.3 is 5.97 Å². The molecule has 0 fully saturated rings. The van der Waals surface area contributed by atoms with Gasteiger partial charge in [-0.05, 0) is 20.8 Å². The number of sulfonamides is 1. The van der Waals surface area contributed by atoms with Crippen LogP contribution < -0.4 is 0 Å². The second-order valence-electron chi connectivity index (χ2n) is 3.74. The maximum atomic E-state index is 12.2. The van der Waals surface area contributed by atoms with Crippen LogP contribution in [0.2, 0.25) is 0 Å². The van der Waals surface area contributed by atoms with Gasteiger partial charge in [0, 0.05) is 6.04 Å². The summed E-state index contributed by atoms with van der Waals surface area (Å²) in [5.41, 5.74) is 0. The van der Waals surface area contributed by atoms with E-state index in [0.717, 1.165) is 15.6 Å². The number of rotatable bonds is 5. The summed E-state index contributed by atoms with van der Waals surface area (Å²) in [5.74, 6) is -1.18. The van der Waals surface area contributed by atoms with E-state index in [4.69, 9.17) is 5.11 Å². The first-order valence-corrected chi connectivity index (χ1v) is 7.17. The van der Waals surface area contributed by atoms with Crippen LogP contribution in [0.5, 0.6) is 0 Å². The van der Waals surface area contributed by atoms with Gasteiger partial charge in [0.05, 0.1) is 11.2 Å². The van der Waals surface area contributed by atoms with Gasteiger partial charge < -0.3 is 5.11 Å². The zero-order valence-corrected chi connectivity index (χ0v) is 11.4. The van der Waals surface area contributed by atoms with Crippen LogP contribution in [0.3, 0.4) is 0 Å². The van der Waals surface area contributed by atoms with E-state index >= 15 is 0 Å². The summed E-state index contributed by atoms with van der Waals surface area (Å²) in [6.45, 7) is 4.42. The minimum Gasteiger partial charge on any atom is -0.480 e. The molecule has 0 saturated carbocycles. The van der Waals surface area contributed by atoms with Crippen LogP contribution in [0.15, 0.2) is 10.4 Å². The van der Waals surface area contributed by atoms with Crippen LogP contribution in [-0.4, -0.2) is 41.4 Å². The number of carbonyl (C=O) groups is 1. The average Bonchev–Trinajstić information content (AvgIpc) is 2.61. The highest BCUT2D eigenvalue weighted by atomic mass is 32.2. The highest BCUT2D eigenvalue weighted by Crippen LogP contribution is 2.23. The molecular formula is C9H14N2O4S2. The van der Waals surface area contributed by atoms with Crippen LogP contribution >= 0.6 is 11.3 Å². The van der Waals surface area contributed by atoms with Crippen molar-refractivity contribution in [3.05, 3.63) is 11.2 Å². The molecule has 0 aromatic carbocycles. The predicted molar refractivity (Wildman–Crippen MR) is 63.5 cm³/mol. The molecule has 0 amide bonds. The van der Waals surface area contributed by atoms with E-state index in [1.54, 1.807) is 20.8 Å². The molecule has 1 aromatic heterocycles. The van der Waals surface area contributed by atoms with Gasteiger partial charge in [0.15, 0.2) is 4.21 Å². The highest BCUT2D eigenvalue weighted by Gasteiger charge is 2.30. The van der Waals surface area contributed by atoms with Gasteiger partial charge in [-0.2, -0.15) is 4.31 Å². The molecule has 0 bridgehead atoms. The van der Waals surface area contributed by atoms with Gasteiger partial charge in [0.2, 0.25) is 0 Å². The lowest BCUT2D eigenvalue weighted by Gasteiger charge is -2.22. The number of aryl methyl sites for hydroxylation is 1. The summed E-state index contributed by atoms with van der Waals surface area (Å²) in [5, 5.41) is 9.36. The molecule has 0 aliphatic rings. The smallest absolute Gasteiger partial charge is 0.318 e. The van der Waals surface area contributed by atoms with Gasteiger partial charge in [-0.25, -0.2) is 13.4 Å². The first kappa shape index (κ1) is 14.1. The number of nitrogens with zero attached hydrogens (tertiary/aromatic N) is 2. The van der Waals surface area contributed by atoms with E-state index in [1.165, 1.54) is 6.20 Å². The van der Waals surface area contributed by atoms with Gasteiger partial charge in [0.1, 0.15) is 6.54 Å². The predicted octanol–water partition coefficient (Wildman–Crippen LogP) is 0.935. The molecule has 0 unspecified atom stereocenters. The lowest BCUT2D eigenvalue weighted by atomic mass is 10.4. The third-order valence-electron chi connectivity index (χ3n) is 2.03. The summed E-state index contributed by atoms with van der Waals surface area (Å²) >= 11 is 1.03. The number of aromatic nitrogens is 1. The Labute approximate surface area is 104 Å². The van der Waals surface area contributed by atoms with E-state index in [0.29, 0.717) is 5.01 Å². The molecule has 8 heteroatoms. The normalized spacial score (nSPS) is 12.3. The Balaban J connectivity index is 3.13. The van der Waals surface area contributed by atoms with Crippen molar-refractivity contribution in [2.45, 2.75) is 31.0 Å². The molecular weight excluding hydrogens is 264 g/mol. The summed E-state index contributed by atoms with van der Waals surface area (Å²) in [6.07, 6.45) is 1.26. The summed E-state index contributed by atoms with van der Waals surface area (Å²) < 4.78 is 25.3. The van der Waals surface area contributed by atoms with Crippen LogP contribution in [0, 0.1) is 6.92 Å². The van der Waals surface area contributed by atoms with Crippen molar-refractivity contribution in [3.63, 3.8) is 0 Å². The maximum Gasteiger partial charge on any atom is 0.318 e. The van der Waals surface area contributed by atoms with Crippen LogP contribution in [0.25, 0.3) is 0 Å². The molecule has 6 nitrogen and oxygen atoms in total. The quantitative estimate of drug-likeness (QED) is 0.866. The third kappa shape index (κ3) is 3.24. The molecule has 0 radical (unpaired) electrons. The molecule has 1 heterocycles. The highest BCUT2D eigenvalue weighted by molar-refractivity contribution is 7.91. The Kier molecular flexibility index (Phi) is 4.23. The Morgan fingerprint density at radius 1 is 1.59 bits per heavy atom. The van der Waals surface area contributed by atoms with Gasteiger partial charge in [0.25, 0.3) is 10.0 Å². The van der Waals surface area contributed by atoms with Gasteiger partial charge in [-0.15, -0.1) is 11.3 Å². The van der Waals surface area contributed by atoms with Crippen molar-refractivity contribution >= 4 is 27.3 Å². The van der Waals surface area contributed by atoms with Crippen molar-refractivity contribution in [3.8, 4) is 0 Å². The minimum atomic E-state index is -3.77.